The number of hydrogen-bond acceptors (Lipinski definition) is 4. The highest BCUT2D eigenvalue weighted by molar-refractivity contribution is 6.05. The van der Waals surface area contributed by atoms with Gasteiger partial charge in [-0.2, -0.15) is 0 Å². The molecule has 0 atom stereocenters. The van der Waals surface area contributed by atoms with Gasteiger partial charge < -0.3 is 10.3 Å². The maximum absolute atomic E-state index is 12.1. The summed E-state index contributed by atoms with van der Waals surface area (Å²) in [4.78, 5) is 36.1. The summed E-state index contributed by atoms with van der Waals surface area (Å²) in [6, 6.07) is 2.68. The second-order valence-electron chi connectivity index (χ2n) is 3.94. The first-order chi connectivity index (χ1) is 8.63. The molecule has 96 valence electrons. The number of aromatic nitrogens is 1. The average molecular weight is 250 g/mol. The van der Waals surface area contributed by atoms with Crippen molar-refractivity contribution in [2.75, 3.05) is 18.0 Å². The number of pyridine rings is 1. The second kappa shape index (κ2) is 5.01. The second-order valence-corrected chi connectivity index (χ2v) is 3.94. The Morgan fingerprint density at radius 2 is 2.11 bits per heavy atom. The van der Waals surface area contributed by atoms with E-state index in [9.17, 15) is 14.4 Å². The molecule has 0 unspecified atom stereocenters. The Hall–Kier alpha value is -2.15. The number of urea groups is 1. The van der Waals surface area contributed by atoms with Gasteiger partial charge in [-0.1, -0.05) is 0 Å². The van der Waals surface area contributed by atoms with Crippen LogP contribution < -0.4 is 21.5 Å². The minimum absolute atomic E-state index is 0.191. The zero-order valence-electron chi connectivity index (χ0n) is 9.76. The topological polar surface area (TPSA) is 97.4 Å². The van der Waals surface area contributed by atoms with Crippen molar-refractivity contribution in [3.8, 4) is 0 Å². The summed E-state index contributed by atoms with van der Waals surface area (Å²) < 4.78 is 1.44. The number of nitrogens with zero attached hydrogens (tertiary/aromatic N) is 2. The molecule has 2 heterocycles. The van der Waals surface area contributed by atoms with E-state index in [1.54, 1.807) is 18.3 Å². The third-order valence-electron chi connectivity index (χ3n) is 2.71. The number of nitrogens with one attached hydrogen (secondary N) is 1. The minimum atomic E-state index is -0.561. The Labute approximate surface area is 103 Å². The Kier molecular flexibility index (Phi) is 3.42. The molecule has 2 rings (SSSR count). The van der Waals surface area contributed by atoms with Crippen molar-refractivity contribution in [1.29, 1.82) is 0 Å². The lowest BCUT2D eigenvalue weighted by molar-refractivity contribution is -0.120. The molecule has 3 amide bonds. The number of carbonyl (C=O) groups excluding carboxylic acids is 2. The molecule has 1 aliphatic rings. The van der Waals surface area contributed by atoms with Gasteiger partial charge in [-0.25, -0.2) is 4.79 Å². The summed E-state index contributed by atoms with van der Waals surface area (Å²) >= 11 is 0. The summed E-state index contributed by atoms with van der Waals surface area (Å²) in [6.45, 7) is 0.946. The molecule has 1 fully saturated rings. The Morgan fingerprint density at radius 3 is 2.78 bits per heavy atom. The van der Waals surface area contributed by atoms with E-state index in [0.717, 1.165) is 0 Å². The lowest BCUT2D eigenvalue weighted by Crippen LogP contribution is -2.51. The molecule has 0 spiro atoms. The number of rotatable bonds is 3. The zero-order chi connectivity index (χ0) is 13.1. The van der Waals surface area contributed by atoms with Crippen LogP contribution in [0.4, 0.5) is 10.5 Å². The molecule has 1 aromatic rings. The first-order valence-electron chi connectivity index (χ1n) is 5.64. The van der Waals surface area contributed by atoms with Gasteiger partial charge in [0.15, 0.2) is 0 Å². The number of carbonyl (C=O) groups is 2. The third-order valence-corrected chi connectivity index (χ3v) is 2.71. The molecular formula is C11H14N4O3. The summed E-state index contributed by atoms with van der Waals surface area (Å²) in [6.07, 6.45) is 1.81. The molecule has 7 heteroatoms. The van der Waals surface area contributed by atoms with Gasteiger partial charge in [0, 0.05) is 32.3 Å². The maximum atomic E-state index is 12.1. The van der Waals surface area contributed by atoms with Gasteiger partial charge in [0.25, 0.3) is 5.56 Å². The van der Waals surface area contributed by atoms with Crippen molar-refractivity contribution >= 4 is 17.6 Å². The van der Waals surface area contributed by atoms with Gasteiger partial charge in [0.05, 0.1) is 0 Å². The van der Waals surface area contributed by atoms with Crippen molar-refractivity contribution < 1.29 is 9.59 Å². The van der Waals surface area contributed by atoms with E-state index in [4.69, 9.17) is 5.73 Å². The number of imide groups is 1. The molecule has 1 saturated heterocycles. The predicted molar refractivity (Wildman–Crippen MR) is 65.3 cm³/mol. The number of hydrogen-bond donors (Lipinski definition) is 2. The van der Waals surface area contributed by atoms with E-state index in [-0.39, 0.29) is 30.1 Å². The Balaban J connectivity index is 2.33. The molecule has 1 aliphatic heterocycles. The molecule has 0 radical (unpaired) electrons. The van der Waals surface area contributed by atoms with Crippen LogP contribution >= 0.6 is 0 Å². The highest BCUT2D eigenvalue weighted by atomic mass is 16.2. The molecule has 0 bridgehead atoms. The normalized spacial score (nSPS) is 15.7. The lowest BCUT2D eigenvalue weighted by Gasteiger charge is -2.26. The third kappa shape index (κ3) is 2.25. The zero-order valence-corrected chi connectivity index (χ0v) is 9.76. The molecule has 0 aliphatic carbocycles. The van der Waals surface area contributed by atoms with Crippen LogP contribution in [0.15, 0.2) is 23.1 Å². The predicted octanol–water partition coefficient (Wildman–Crippen LogP) is -0.747. The van der Waals surface area contributed by atoms with Crippen LogP contribution in [0.3, 0.4) is 0 Å². The summed E-state index contributed by atoms with van der Waals surface area (Å²) in [5, 5.41) is 2.18. The lowest BCUT2D eigenvalue weighted by atomic mass is 10.2. The molecule has 1 aromatic heterocycles. The molecular weight excluding hydrogens is 236 g/mol. The van der Waals surface area contributed by atoms with E-state index >= 15 is 0 Å². The van der Waals surface area contributed by atoms with Gasteiger partial charge >= 0.3 is 6.03 Å². The fourth-order valence-corrected chi connectivity index (χ4v) is 1.84. The Morgan fingerprint density at radius 1 is 1.33 bits per heavy atom. The average Bonchev–Trinajstić information content (AvgIpc) is 2.33. The van der Waals surface area contributed by atoms with Crippen LogP contribution in [0.25, 0.3) is 0 Å². The monoisotopic (exact) mass is 250 g/mol. The number of nitrogens with two attached hydrogens (primary N) is 1. The van der Waals surface area contributed by atoms with Crippen molar-refractivity contribution in [2.45, 2.75) is 13.0 Å². The van der Waals surface area contributed by atoms with Gasteiger partial charge in [-0.3, -0.25) is 19.8 Å². The highest BCUT2D eigenvalue weighted by Crippen LogP contribution is 2.11. The van der Waals surface area contributed by atoms with Crippen LogP contribution in [-0.2, 0) is 11.3 Å². The molecule has 0 saturated carbocycles. The molecule has 3 N–H and O–H groups in total. The molecule has 18 heavy (non-hydrogen) atoms. The van der Waals surface area contributed by atoms with Gasteiger partial charge in [-0.15, -0.1) is 0 Å². The van der Waals surface area contributed by atoms with Crippen LogP contribution in [0, 0.1) is 0 Å². The smallest absolute Gasteiger partial charge is 0.328 e. The minimum Gasteiger partial charge on any atom is -0.329 e. The van der Waals surface area contributed by atoms with Gasteiger partial charge in [-0.05, 0) is 12.1 Å². The van der Waals surface area contributed by atoms with E-state index in [1.165, 1.54) is 9.47 Å². The van der Waals surface area contributed by atoms with Crippen LogP contribution in [0.5, 0.6) is 0 Å². The summed E-state index contributed by atoms with van der Waals surface area (Å²) in [7, 11) is 0. The molecule has 0 aromatic carbocycles. The van der Waals surface area contributed by atoms with Crippen LogP contribution in [0.2, 0.25) is 0 Å². The van der Waals surface area contributed by atoms with E-state index in [0.29, 0.717) is 13.1 Å². The SMILES string of the molecule is NCCn1cccc(N2CCC(=O)NC2=O)c1=O. The summed E-state index contributed by atoms with van der Waals surface area (Å²) in [5.74, 6) is -0.325. The van der Waals surface area contributed by atoms with Crippen LogP contribution in [0.1, 0.15) is 6.42 Å². The van der Waals surface area contributed by atoms with E-state index in [1.807, 2.05) is 0 Å². The van der Waals surface area contributed by atoms with Crippen molar-refractivity contribution in [1.82, 2.24) is 9.88 Å². The van der Waals surface area contributed by atoms with Crippen molar-refractivity contribution in [3.05, 3.63) is 28.7 Å². The highest BCUT2D eigenvalue weighted by Gasteiger charge is 2.26. The Bertz CT molecular complexity index is 537. The van der Waals surface area contributed by atoms with Crippen molar-refractivity contribution in [2.24, 2.45) is 5.73 Å². The molecule has 7 nitrogen and oxygen atoms in total. The number of anilines is 1. The van der Waals surface area contributed by atoms with E-state index < -0.39 is 6.03 Å². The van der Waals surface area contributed by atoms with Gasteiger partial charge in [0.2, 0.25) is 5.91 Å². The standard InChI is InChI=1S/C11H14N4O3/c12-4-7-14-5-1-2-8(10(14)17)15-6-3-9(16)13-11(15)18/h1-2,5H,3-4,6-7,12H2,(H,13,16,18). The summed E-state index contributed by atoms with van der Waals surface area (Å²) in [5.41, 5.74) is 5.38. The fraction of sp³-hybridized carbons (Fsp3) is 0.364. The first-order valence-corrected chi connectivity index (χ1v) is 5.64. The largest absolute Gasteiger partial charge is 0.329 e. The van der Waals surface area contributed by atoms with E-state index in [2.05, 4.69) is 5.32 Å². The first kappa shape index (κ1) is 12.3. The fourth-order valence-electron chi connectivity index (χ4n) is 1.84. The van der Waals surface area contributed by atoms with Crippen molar-refractivity contribution in [3.63, 3.8) is 0 Å². The van der Waals surface area contributed by atoms with Gasteiger partial charge in [0.1, 0.15) is 5.69 Å². The number of amides is 3. The van der Waals surface area contributed by atoms with Crippen LogP contribution in [-0.4, -0.2) is 29.6 Å². The quantitative estimate of drug-likeness (QED) is 0.737. The maximum Gasteiger partial charge on any atom is 0.328 e.